The van der Waals surface area contributed by atoms with Crippen molar-refractivity contribution < 1.29 is 14.3 Å². The molecule has 0 saturated heterocycles. The van der Waals surface area contributed by atoms with E-state index in [1.165, 1.54) is 36.4 Å². The lowest BCUT2D eigenvalue weighted by Crippen LogP contribution is -2.07. The minimum atomic E-state index is -0.611. The van der Waals surface area contributed by atoms with Gasteiger partial charge in [-0.1, -0.05) is 12.1 Å². The van der Waals surface area contributed by atoms with Crippen molar-refractivity contribution in [2.75, 3.05) is 5.73 Å². The number of phenols is 1. The second-order valence-corrected chi connectivity index (χ2v) is 3.58. The Bertz CT molecular complexity index is 581. The van der Waals surface area contributed by atoms with E-state index in [1.807, 2.05) is 0 Å². The molecule has 0 spiro atoms. The third kappa shape index (κ3) is 2.10. The normalized spacial score (nSPS) is 10.2. The predicted molar refractivity (Wildman–Crippen MR) is 62.4 cm³/mol. The van der Waals surface area contributed by atoms with Gasteiger partial charge in [-0.15, -0.1) is 0 Å². The summed E-state index contributed by atoms with van der Waals surface area (Å²) in [6.45, 7) is 0. The van der Waals surface area contributed by atoms with E-state index in [0.29, 0.717) is 0 Å². The molecule has 0 saturated carbocycles. The number of carbonyl (C=O) groups is 1. The molecule has 0 atom stereocenters. The largest absolute Gasteiger partial charge is 0.508 e. The van der Waals surface area contributed by atoms with Crippen LogP contribution in [0.2, 0.25) is 0 Å². The number of nitrogens with two attached hydrogens (primary N) is 1. The third-order valence-corrected chi connectivity index (χ3v) is 2.40. The van der Waals surface area contributed by atoms with E-state index in [4.69, 9.17) is 5.73 Å². The SMILES string of the molecule is Nc1ccc(O)cc1C(=O)c1ccccc1F. The molecule has 17 heavy (non-hydrogen) atoms. The molecule has 0 aliphatic heterocycles. The molecule has 0 aliphatic carbocycles. The summed E-state index contributed by atoms with van der Waals surface area (Å²) in [7, 11) is 0. The molecule has 0 heterocycles. The van der Waals surface area contributed by atoms with Gasteiger partial charge in [-0.2, -0.15) is 0 Å². The Balaban J connectivity index is 2.51. The minimum Gasteiger partial charge on any atom is -0.508 e. The molecule has 4 heteroatoms. The molecule has 0 aliphatic rings. The summed E-state index contributed by atoms with van der Waals surface area (Å²) < 4.78 is 13.4. The van der Waals surface area contributed by atoms with Gasteiger partial charge in [0, 0.05) is 11.3 Å². The number of anilines is 1. The fourth-order valence-electron chi connectivity index (χ4n) is 1.53. The highest BCUT2D eigenvalue weighted by Crippen LogP contribution is 2.22. The number of aromatic hydroxyl groups is 1. The number of ketones is 1. The number of hydrogen-bond donors (Lipinski definition) is 2. The fourth-order valence-corrected chi connectivity index (χ4v) is 1.53. The summed E-state index contributed by atoms with van der Waals surface area (Å²) >= 11 is 0. The van der Waals surface area contributed by atoms with Crippen molar-refractivity contribution in [3.05, 3.63) is 59.4 Å². The second-order valence-electron chi connectivity index (χ2n) is 3.58. The Labute approximate surface area is 97.3 Å². The van der Waals surface area contributed by atoms with Crippen LogP contribution in [0.1, 0.15) is 15.9 Å². The van der Waals surface area contributed by atoms with Crippen LogP contribution in [0.3, 0.4) is 0 Å². The Hall–Kier alpha value is -2.36. The third-order valence-electron chi connectivity index (χ3n) is 2.40. The van der Waals surface area contributed by atoms with Crippen LogP contribution in [-0.2, 0) is 0 Å². The first-order valence-corrected chi connectivity index (χ1v) is 4.97. The van der Waals surface area contributed by atoms with Gasteiger partial charge in [0.2, 0.25) is 0 Å². The molecule has 0 fully saturated rings. The highest BCUT2D eigenvalue weighted by atomic mass is 19.1. The lowest BCUT2D eigenvalue weighted by Gasteiger charge is -2.06. The van der Waals surface area contributed by atoms with E-state index in [1.54, 1.807) is 6.07 Å². The predicted octanol–water partition coefficient (Wildman–Crippen LogP) is 2.34. The summed E-state index contributed by atoms with van der Waals surface area (Å²) in [4.78, 5) is 12.0. The lowest BCUT2D eigenvalue weighted by atomic mass is 10.0. The van der Waals surface area contributed by atoms with Crippen molar-refractivity contribution in [3.63, 3.8) is 0 Å². The van der Waals surface area contributed by atoms with Crippen molar-refractivity contribution in [2.45, 2.75) is 0 Å². The monoisotopic (exact) mass is 231 g/mol. The highest BCUT2D eigenvalue weighted by Gasteiger charge is 2.16. The van der Waals surface area contributed by atoms with Crippen LogP contribution >= 0.6 is 0 Å². The van der Waals surface area contributed by atoms with Crippen LogP contribution in [-0.4, -0.2) is 10.9 Å². The summed E-state index contributed by atoms with van der Waals surface area (Å²) in [6.07, 6.45) is 0. The molecule has 2 rings (SSSR count). The molecule has 3 nitrogen and oxygen atoms in total. The molecule has 2 aromatic carbocycles. The molecule has 0 radical (unpaired) electrons. The van der Waals surface area contributed by atoms with Crippen molar-refractivity contribution in [1.29, 1.82) is 0 Å². The van der Waals surface area contributed by atoms with E-state index < -0.39 is 11.6 Å². The van der Waals surface area contributed by atoms with Crippen LogP contribution < -0.4 is 5.73 Å². The first-order chi connectivity index (χ1) is 8.09. The first-order valence-electron chi connectivity index (χ1n) is 4.97. The number of carbonyl (C=O) groups excluding carboxylic acids is 1. The van der Waals surface area contributed by atoms with Gasteiger partial charge >= 0.3 is 0 Å². The van der Waals surface area contributed by atoms with Crippen LogP contribution in [0.5, 0.6) is 5.75 Å². The average Bonchev–Trinajstić information content (AvgIpc) is 2.32. The standard InChI is InChI=1S/C13H10FNO2/c14-11-4-2-1-3-9(11)13(17)10-7-8(16)5-6-12(10)15/h1-7,16H,15H2. The highest BCUT2D eigenvalue weighted by molar-refractivity contribution is 6.12. The summed E-state index contributed by atoms with van der Waals surface area (Å²) in [6, 6.07) is 9.64. The molecular weight excluding hydrogens is 221 g/mol. The van der Waals surface area contributed by atoms with E-state index in [9.17, 15) is 14.3 Å². The molecule has 0 bridgehead atoms. The van der Waals surface area contributed by atoms with E-state index in [-0.39, 0.29) is 22.6 Å². The number of rotatable bonds is 2. The fraction of sp³-hybridized carbons (Fsp3) is 0. The molecular formula is C13H10FNO2. The van der Waals surface area contributed by atoms with Crippen LogP contribution in [0.15, 0.2) is 42.5 Å². The van der Waals surface area contributed by atoms with Crippen molar-refractivity contribution in [1.82, 2.24) is 0 Å². The Morgan fingerprint density at radius 1 is 1.12 bits per heavy atom. The van der Waals surface area contributed by atoms with Gasteiger partial charge in [0.15, 0.2) is 5.78 Å². The van der Waals surface area contributed by atoms with Gasteiger partial charge in [0.1, 0.15) is 11.6 Å². The molecule has 3 N–H and O–H groups in total. The quantitative estimate of drug-likeness (QED) is 0.473. The van der Waals surface area contributed by atoms with Gasteiger partial charge in [-0.3, -0.25) is 4.79 Å². The molecule has 0 amide bonds. The number of hydrogen-bond acceptors (Lipinski definition) is 3. The van der Waals surface area contributed by atoms with Gasteiger partial charge in [-0.05, 0) is 30.3 Å². The Morgan fingerprint density at radius 3 is 2.53 bits per heavy atom. The van der Waals surface area contributed by atoms with Gasteiger partial charge in [0.05, 0.1) is 5.56 Å². The Kier molecular flexibility index (Phi) is 2.78. The van der Waals surface area contributed by atoms with E-state index in [0.717, 1.165) is 0 Å². The van der Waals surface area contributed by atoms with Crippen LogP contribution in [0.4, 0.5) is 10.1 Å². The maximum absolute atomic E-state index is 13.4. The zero-order valence-electron chi connectivity index (χ0n) is 8.85. The maximum atomic E-state index is 13.4. The zero-order chi connectivity index (χ0) is 12.4. The van der Waals surface area contributed by atoms with Gasteiger partial charge in [0.25, 0.3) is 0 Å². The average molecular weight is 231 g/mol. The summed E-state index contributed by atoms with van der Waals surface area (Å²) in [5.41, 5.74) is 5.86. The molecule has 2 aromatic rings. The number of nitrogen functional groups attached to an aromatic ring is 1. The van der Waals surface area contributed by atoms with E-state index in [2.05, 4.69) is 0 Å². The van der Waals surface area contributed by atoms with Crippen molar-refractivity contribution >= 4 is 11.5 Å². The maximum Gasteiger partial charge on any atom is 0.198 e. The summed E-state index contributed by atoms with van der Waals surface area (Å²) in [5, 5.41) is 9.30. The second kappa shape index (κ2) is 4.25. The van der Waals surface area contributed by atoms with Crippen LogP contribution in [0, 0.1) is 5.82 Å². The minimum absolute atomic E-state index is 0.0650. The Morgan fingerprint density at radius 2 is 1.82 bits per heavy atom. The molecule has 86 valence electrons. The summed E-state index contributed by atoms with van der Waals surface area (Å²) in [5.74, 6) is -1.24. The number of halogens is 1. The zero-order valence-corrected chi connectivity index (χ0v) is 8.85. The first kappa shape index (κ1) is 11.1. The topological polar surface area (TPSA) is 63.3 Å². The van der Waals surface area contributed by atoms with Gasteiger partial charge < -0.3 is 10.8 Å². The molecule has 0 aromatic heterocycles. The smallest absolute Gasteiger partial charge is 0.198 e. The number of phenolic OH excluding ortho intramolecular Hbond substituents is 1. The molecule has 0 unspecified atom stereocenters. The van der Waals surface area contributed by atoms with Gasteiger partial charge in [-0.25, -0.2) is 4.39 Å². The number of benzene rings is 2. The van der Waals surface area contributed by atoms with Crippen molar-refractivity contribution in [3.8, 4) is 5.75 Å². The van der Waals surface area contributed by atoms with Crippen LogP contribution in [0.25, 0.3) is 0 Å². The van der Waals surface area contributed by atoms with Crippen molar-refractivity contribution in [2.24, 2.45) is 0 Å². The van der Waals surface area contributed by atoms with E-state index >= 15 is 0 Å². The lowest BCUT2D eigenvalue weighted by molar-refractivity contribution is 0.103.